The molecule has 0 aromatic heterocycles. The minimum atomic E-state index is -0.182. The summed E-state index contributed by atoms with van der Waals surface area (Å²) in [6.07, 6.45) is 2.05. The first kappa shape index (κ1) is 17.3. The second kappa shape index (κ2) is 12.0. The van der Waals surface area contributed by atoms with Gasteiger partial charge in [-0.05, 0) is 13.3 Å². The van der Waals surface area contributed by atoms with Crippen molar-refractivity contribution in [2.24, 2.45) is 5.92 Å². The summed E-state index contributed by atoms with van der Waals surface area (Å²) in [5.41, 5.74) is 0. The number of carbonyl (C=O) groups is 2. The second-order valence-corrected chi connectivity index (χ2v) is 3.60. The molecule has 0 aromatic rings. The van der Waals surface area contributed by atoms with Crippen LogP contribution in [-0.4, -0.2) is 25.2 Å². The van der Waals surface area contributed by atoms with Crippen molar-refractivity contribution in [1.82, 2.24) is 0 Å². The van der Waals surface area contributed by atoms with Crippen LogP contribution in [0, 0.1) is 5.92 Å². The molecule has 0 N–H and O–H groups in total. The third-order valence-corrected chi connectivity index (χ3v) is 1.56. The van der Waals surface area contributed by atoms with Gasteiger partial charge in [0, 0.05) is 6.92 Å². The molecule has 0 aliphatic rings. The first-order valence-electron chi connectivity index (χ1n) is 5.75. The smallest absolute Gasteiger partial charge is 0.308 e. The zero-order valence-corrected chi connectivity index (χ0v) is 11.0. The monoisotopic (exact) mass is 232 g/mol. The van der Waals surface area contributed by atoms with Crippen molar-refractivity contribution in [1.29, 1.82) is 0 Å². The number of carbonyl (C=O) groups excluding carboxylic acids is 2. The first-order chi connectivity index (χ1) is 7.45. The van der Waals surface area contributed by atoms with Crippen molar-refractivity contribution in [2.45, 2.75) is 47.5 Å². The maximum atomic E-state index is 10.5. The van der Waals surface area contributed by atoms with Crippen LogP contribution < -0.4 is 0 Å². The molecule has 0 bridgehead atoms. The van der Waals surface area contributed by atoms with Gasteiger partial charge in [0.2, 0.25) is 0 Å². The highest BCUT2D eigenvalue weighted by molar-refractivity contribution is 5.71. The Morgan fingerprint density at radius 3 is 1.94 bits per heavy atom. The van der Waals surface area contributed by atoms with Crippen LogP contribution in [0.15, 0.2) is 0 Å². The van der Waals surface area contributed by atoms with Gasteiger partial charge in [-0.25, -0.2) is 0 Å². The molecule has 0 aliphatic carbocycles. The molecule has 16 heavy (non-hydrogen) atoms. The maximum Gasteiger partial charge on any atom is 0.308 e. The van der Waals surface area contributed by atoms with Crippen LogP contribution >= 0.6 is 0 Å². The summed E-state index contributed by atoms with van der Waals surface area (Å²) in [6, 6.07) is 0. The summed E-state index contributed by atoms with van der Waals surface area (Å²) in [6.45, 7) is 9.98. The van der Waals surface area contributed by atoms with Gasteiger partial charge in [-0.15, -0.1) is 0 Å². The zero-order valence-electron chi connectivity index (χ0n) is 11.0. The molecule has 4 heteroatoms. The molecule has 0 fully saturated rings. The molecule has 0 saturated heterocycles. The lowest BCUT2D eigenvalue weighted by atomic mass is 10.2. The second-order valence-electron chi connectivity index (χ2n) is 3.60. The minimum absolute atomic E-state index is 0.00921. The van der Waals surface area contributed by atoms with E-state index in [4.69, 9.17) is 0 Å². The van der Waals surface area contributed by atoms with Gasteiger partial charge in [0.15, 0.2) is 0 Å². The molecular formula is C12H24O4. The number of esters is 2. The average Bonchev–Trinajstić information content (AvgIpc) is 2.19. The Bertz CT molecular complexity index is 187. The fourth-order valence-corrected chi connectivity index (χ4v) is 0.669. The van der Waals surface area contributed by atoms with Crippen LogP contribution in [-0.2, 0) is 19.1 Å². The third kappa shape index (κ3) is 15.4. The van der Waals surface area contributed by atoms with E-state index in [0.29, 0.717) is 13.2 Å². The summed E-state index contributed by atoms with van der Waals surface area (Å²) < 4.78 is 9.31. The Balaban J connectivity index is 0. The Labute approximate surface area is 98.3 Å². The van der Waals surface area contributed by atoms with Gasteiger partial charge in [0.1, 0.15) is 0 Å². The van der Waals surface area contributed by atoms with Gasteiger partial charge in [0.05, 0.1) is 19.1 Å². The summed E-state index contributed by atoms with van der Waals surface area (Å²) in [5, 5.41) is 0. The number of unbranched alkanes of at least 4 members (excludes halogenated alkanes) is 1. The zero-order chi connectivity index (χ0) is 13.0. The molecular weight excluding hydrogens is 208 g/mol. The number of hydrogen-bond donors (Lipinski definition) is 0. The highest BCUT2D eigenvalue weighted by Crippen LogP contribution is 1.93. The molecule has 0 heterocycles. The lowest BCUT2D eigenvalue weighted by Gasteiger charge is -2.01. The highest BCUT2D eigenvalue weighted by atomic mass is 16.5. The predicted molar refractivity (Wildman–Crippen MR) is 63.0 cm³/mol. The van der Waals surface area contributed by atoms with E-state index in [1.165, 1.54) is 6.92 Å². The van der Waals surface area contributed by atoms with Crippen molar-refractivity contribution in [3.05, 3.63) is 0 Å². The normalized spacial score (nSPS) is 9.12. The Hall–Kier alpha value is -1.06. The van der Waals surface area contributed by atoms with Crippen LogP contribution in [0.3, 0.4) is 0 Å². The Morgan fingerprint density at radius 1 is 1.12 bits per heavy atom. The van der Waals surface area contributed by atoms with Crippen molar-refractivity contribution in [3.63, 3.8) is 0 Å². The van der Waals surface area contributed by atoms with Crippen molar-refractivity contribution < 1.29 is 19.1 Å². The van der Waals surface area contributed by atoms with Crippen molar-refractivity contribution in [3.8, 4) is 0 Å². The van der Waals surface area contributed by atoms with Gasteiger partial charge in [-0.3, -0.25) is 9.59 Å². The van der Waals surface area contributed by atoms with Crippen LogP contribution in [0.2, 0.25) is 0 Å². The predicted octanol–water partition coefficient (Wildman–Crippen LogP) is 2.56. The SMILES string of the molecule is CCCCOC(C)=O.CCOC(=O)C(C)C. The topological polar surface area (TPSA) is 52.6 Å². The van der Waals surface area contributed by atoms with Crippen molar-refractivity contribution >= 4 is 11.9 Å². The van der Waals surface area contributed by atoms with Gasteiger partial charge < -0.3 is 9.47 Å². The quantitative estimate of drug-likeness (QED) is 0.540. The molecule has 0 saturated carbocycles. The largest absolute Gasteiger partial charge is 0.466 e. The van der Waals surface area contributed by atoms with E-state index in [1.807, 2.05) is 13.8 Å². The standard InChI is InChI=1S/2C6H12O2/c1-4-8-6(7)5(2)3;1-3-4-5-8-6(2)7/h5H,4H2,1-3H3;3-5H2,1-2H3. The van der Waals surface area contributed by atoms with E-state index in [1.54, 1.807) is 6.92 Å². The van der Waals surface area contributed by atoms with Gasteiger partial charge in [-0.1, -0.05) is 27.2 Å². The molecule has 0 radical (unpaired) electrons. The van der Waals surface area contributed by atoms with Crippen LogP contribution in [0.25, 0.3) is 0 Å². The summed E-state index contributed by atoms with van der Waals surface area (Å²) in [7, 11) is 0. The molecule has 0 rings (SSSR count). The number of ether oxygens (including phenoxy) is 2. The molecule has 0 aliphatic heterocycles. The summed E-state index contributed by atoms with van der Waals surface area (Å²) in [5.74, 6) is -0.291. The first-order valence-corrected chi connectivity index (χ1v) is 5.75. The lowest BCUT2D eigenvalue weighted by molar-refractivity contribution is -0.146. The van der Waals surface area contributed by atoms with E-state index in [0.717, 1.165) is 12.8 Å². The van der Waals surface area contributed by atoms with E-state index < -0.39 is 0 Å². The molecule has 0 unspecified atom stereocenters. The van der Waals surface area contributed by atoms with Gasteiger partial charge in [-0.2, -0.15) is 0 Å². The average molecular weight is 232 g/mol. The highest BCUT2D eigenvalue weighted by Gasteiger charge is 2.04. The van der Waals surface area contributed by atoms with E-state index in [-0.39, 0.29) is 17.9 Å². The van der Waals surface area contributed by atoms with Crippen molar-refractivity contribution in [2.75, 3.05) is 13.2 Å². The molecule has 0 amide bonds. The lowest BCUT2D eigenvalue weighted by Crippen LogP contribution is -2.10. The molecule has 0 spiro atoms. The van der Waals surface area contributed by atoms with E-state index in [9.17, 15) is 9.59 Å². The minimum Gasteiger partial charge on any atom is -0.466 e. The molecule has 96 valence electrons. The fraction of sp³-hybridized carbons (Fsp3) is 0.833. The fourth-order valence-electron chi connectivity index (χ4n) is 0.669. The Kier molecular flexibility index (Phi) is 13.0. The van der Waals surface area contributed by atoms with Gasteiger partial charge in [0.25, 0.3) is 0 Å². The Morgan fingerprint density at radius 2 is 1.69 bits per heavy atom. The van der Waals surface area contributed by atoms with Crippen LogP contribution in [0.1, 0.15) is 47.5 Å². The van der Waals surface area contributed by atoms with E-state index >= 15 is 0 Å². The third-order valence-electron chi connectivity index (χ3n) is 1.56. The summed E-state index contributed by atoms with van der Waals surface area (Å²) >= 11 is 0. The van der Waals surface area contributed by atoms with E-state index in [2.05, 4.69) is 16.4 Å². The molecule has 0 atom stereocenters. The van der Waals surface area contributed by atoms with Gasteiger partial charge >= 0.3 is 11.9 Å². The number of hydrogen-bond acceptors (Lipinski definition) is 4. The van der Waals surface area contributed by atoms with Crippen LogP contribution in [0.4, 0.5) is 0 Å². The number of rotatable bonds is 5. The molecule has 4 nitrogen and oxygen atoms in total. The maximum absolute atomic E-state index is 10.5. The summed E-state index contributed by atoms with van der Waals surface area (Å²) in [4.78, 5) is 20.6. The van der Waals surface area contributed by atoms with Crippen LogP contribution in [0.5, 0.6) is 0 Å². The molecule has 0 aromatic carbocycles.